The molecule has 2 rings (SSSR count). The van der Waals surface area contributed by atoms with Gasteiger partial charge in [-0.15, -0.1) is 0 Å². The summed E-state index contributed by atoms with van der Waals surface area (Å²) in [7, 11) is 0. The predicted octanol–water partition coefficient (Wildman–Crippen LogP) is 1.95. The lowest BCUT2D eigenvalue weighted by Gasteiger charge is -2.22. The van der Waals surface area contributed by atoms with E-state index in [1.54, 1.807) is 0 Å². The number of nitrogens with zero attached hydrogens (tertiary/aromatic N) is 2. The molecule has 2 heterocycles. The van der Waals surface area contributed by atoms with Crippen LogP contribution in [0.4, 0.5) is 0 Å². The molecule has 1 fully saturated rings. The number of rotatable bonds is 1. The van der Waals surface area contributed by atoms with Crippen molar-refractivity contribution in [2.75, 3.05) is 11.5 Å². The third-order valence-electron chi connectivity index (χ3n) is 2.08. The molecule has 1 aromatic heterocycles. The summed E-state index contributed by atoms with van der Waals surface area (Å²) in [4.78, 5) is 4.05. The van der Waals surface area contributed by atoms with E-state index in [2.05, 4.69) is 27.5 Å². The van der Waals surface area contributed by atoms with Gasteiger partial charge in [0.15, 0.2) is 0 Å². The van der Waals surface area contributed by atoms with Crippen LogP contribution in [0.25, 0.3) is 0 Å². The summed E-state index contributed by atoms with van der Waals surface area (Å²) in [6.07, 6.45) is 8.53. The van der Waals surface area contributed by atoms with Gasteiger partial charge in [-0.3, -0.25) is 0 Å². The van der Waals surface area contributed by atoms with Gasteiger partial charge in [0.1, 0.15) is 0 Å². The Bertz CT molecular complexity index is 202. The molecule has 1 aliphatic rings. The van der Waals surface area contributed by atoms with E-state index >= 15 is 0 Å². The third-order valence-corrected chi connectivity index (χ3v) is 3.28. The van der Waals surface area contributed by atoms with Crippen molar-refractivity contribution in [1.82, 2.24) is 9.55 Å². The molecule has 60 valence electrons. The van der Waals surface area contributed by atoms with Gasteiger partial charge in [-0.1, -0.05) is 0 Å². The van der Waals surface area contributed by atoms with Crippen molar-refractivity contribution in [3.8, 4) is 0 Å². The maximum atomic E-state index is 4.05. The molecule has 2 nitrogen and oxygen atoms in total. The number of imidazole rings is 1. The quantitative estimate of drug-likeness (QED) is 0.638. The molecular formula is C8H12N2S. The Balaban J connectivity index is 2.04. The Morgan fingerprint density at radius 2 is 2.55 bits per heavy atom. The zero-order valence-corrected chi connectivity index (χ0v) is 7.26. The fourth-order valence-corrected chi connectivity index (χ4v) is 2.59. The van der Waals surface area contributed by atoms with Crippen LogP contribution >= 0.6 is 11.8 Å². The van der Waals surface area contributed by atoms with Gasteiger partial charge in [0.25, 0.3) is 0 Å². The molecule has 0 aromatic carbocycles. The molecule has 0 bridgehead atoms. The maximum Gasteiger partial charge on any atom is 0.0948 e. The highest BCUT2D eigenvalue weighted by Gasteiger charge is 2.13. The Kier molecular flexibility index (Phi) is 2.17. The van der Waals surface area contributed by atoms with E-state index in [-0.39, 0.29) is 0 Å². The van der Waals surface area contributed by atoms with Crippen LogP contribution in [0.2, 0.25) is 0 Å². The van der Waals surface area contributed by atoms with Crippen LogP contribution in [-0.2, 0) is 0 Å². The summed E-state index contributed by atoms with van der Waals surface area (Å²) in [6.45, 7) is 0. The highest BCUT2D eigenvalue weighted by atomic mass is 32.2. The van der Waals surface area contributed by atoms with Gasteiger partial charge in [0.2, 0.25) is 0 Å². The van der Waals surface area contributed by atoms with E-state index in [0.29, 0.717) is 6.04 Å². The summed E-state index contributed by atoms with van der Waals surface area (Å²) in [5.41, 5.74) is 0. The largest absolute Gasteiger partial charge is 0.334 e. The van der Waals surface area contributed by atoms with Crippen molar-refractivity contribution in [2.24, 2.45) is 0 Å². The van der Waals surface area contributed by atoms with Gasteiger partial charge in [0, 0.05) is 24.2 Å². The van der Waals surface area contributed by atoms with Gasteiger partial charge in [-0.2, -0.15) is 11.8 Å². The monoisotopic (exact) mass is 168 g/mol. The van der Waals surface area contributed by atoms with Crippen LogP contribution in [0.3, 0.4) is 0 Å². The summed E-state index contributed by atoms with van der Waals surface area (Å²) in [5, 5.41) is 0. The van der Waals surface area contributed by atoms with Crippen LogP contribution in [0.15, 0.2) is 18.7 Å². The Morgan fingerprint density at radius 1 is 1.55 bits per heavy atom. The number of hydrogen-bond acceptors (Lipinski definition) is 2. The average Bonchev–Trinajstić information content (AvgIpc) is 2.58. The minimum atomic E-state index is 0.705. The van der Waals surface area contributed by atoms with Crippen LogP contribution in [0, 0.1) is 0 Å². The van der Waals surface area contributed by atoms with Crippen molar-refractivity contribution in [3.63, 3.8) is 0 Å². The smallest absolute Gasteiger partial charge is 0.0948 e. The molecule has 11 heavy (non-hydrogen) atoms. The molecule has 1 atom stereocenters. The lowest BCUT2D eigenvalue weighted by Crippen LogP contribution is -2.14. The molecule has 0 N–H and O–H groups in total. The molecule has 0 spiro atoms. The lowest BCUT2D eigenvalue weighted by molar-refractivity contribution is 0.499. The molecular weight excluding hydrogens is 156 g/mol. The lowest BCUT2D eigenvalue weighted by atomic mass is 10.2. The molecule has 0 radical (unpaired) electrons. The van der Waals surface area contributed by atoms with Crippen LogP contribution in [0.1, 0.15) is 18.9 Å². The van der Waals surface area contributed by atoms with E-state index in [4.69, 9.17) is 0 Å². The predicted molar refractivity (Wildman–Crippen MR) is 47.8 cm³/mol. The zero-order valence-electron chi connectivity index (χ0n) is 6.44. The fourth-order valence-electron chi connectivity index (χ4n) is 1.44. The first-order valence-electron chi connectivity index (χ1n) is 4.02. The van der Waals surface area contributed by atoms with Crippen molar-refractivity contribution in [1.29, 1.82) is 0 Å². The molecule has 1 unspecified atom stereocenters. The van der Waals surface area contributed by atoms with Gasteiger partial charge >= 0.3 is 0 Å². The molecule has 0 aliphatic carbocycles. The molecule has 3 heteroatoms. The maximum absolute atomic E-state index is 4.05. The molecule has 1 aromatic rings. The Labute approximate surface area is 71.0 Å². The topological polar surface area (TPSA) is 17.8 Å². The van der Waals surface area contributed by atoms with Crippen molar-refractivity contribution in [2.45, 2.75) is 18.9 Å². The van der Waals surface area contributed by atoms with Gasteiger partial charge in [-0.05, 0) is 18.6 Å². The SMILES string of the molecule is c1cn(C2CCCSC2)cn1. The third kappa shape index (κ3) is 1.59. The molecule has 0 amide bonds. The molecule has 0 saturated carbocycles. The van der Waals surface area contributed by atoms with Gasteiger partial charge in [-0.25, -0.2) is 4.98 Å². The highest BCUT2D eigenvalue weighted by Crippen LogP contribution is 2.25. The number of hydrogen-bond donors (Lipinski definition) is 0. The summed E-state index contributed by atoms with van der Waals surface area (Å²) in [6, 6.07) is 0.705. The first-order chi connectivity index (χ1) is 5.47. The Morgan fingerprint density at radius 3 is 3.18 bits per heavy atom. The zero-order chi connectivity index (χ0) is 7.52. The van der Waals surface area contributed by atoms with Crippen molar-refractivity contribution in [3.05, 3.63) is 18.7 Å². The summed E-state index contributed by atoms with van der Waals surface area (Å²) >= 11 is 2.05. The fraction of sp³-hybridized carbons (Fsp3) is 0.625. The van der Waals surface area contributed by atoms with Gasteiger partial charge in [0.05, 0.1) is 6.33 Å². The standard InChI is InChI=1S/C8H12N2S/c1-2-8(6-11-5-1)10-4-3-9-7-10/h3-4,7-8H,1-2,5-6H2. The Hall–Kier alpha value is -0.440. The average molecular weight is 168 g/mol. The van der Waals surface area contributed by atoms with E-state index in [1.165, 1.54) is 24.3 Å². The second kappa shape index (κ2) is 3.30. The van der Waals surface area contributed by atoms with Crippen LogP contribution in [0.5, 0.6) is 0 Å². The van der Waals surface area contributed by atoms with E-state index in [9.17, 15) is 0 Å². The molecule has 1 saturated heterocycles. The normalized spacial score (nSPS) is 25.3. The molecule has 1 aliphatic heterocycles. The summed E-state index contributed by atoms with van der Waals surface area (Å²) < 4.78 is 2.23. The van der Waals surface area contributed by atoms with Crippen molar-refractivity contribution < 1.29 is 0 Å². The first-order valence-corrected chi connectivity index (χ1v) is 5.17. The van der Waals surface area contributed by atoms with Crippen LogP contribution in [-0.4, -0.2) is 21.1 Å². The van der Waals surface area contributed by atoms with Crippen molar-refractivity contribution >= 4 is 11.8 Å². The minimum absolute atomic E-state index is 0.705. The number of aromatic nitrogens is 2. The highest BCUT2D eigenvalue weighted by molar-refractivity contribution is 7.99. The second-order valence-electron chi connectivity index (χ2n) is 2.88. The van der Waals surface area contributed by atoms with E-state index < -0.39 is 0 Å². The van der Waals surface area contributed by atoms with E-state index in [1.807, 2.05) is 12.5 Å². The van der Waals surface area contributed by atoms with E-state index in [0.717, 1.165) is 0 Å². The number of thioether (sulfide) groups is 1. The van der Waals surface area contributed by atoms with Gasteiger partial charge < -0.3 is 4.57 Å². The first kappa shape index (κ1) is 7.22. The summed E-state index contributed by atoms with van der Waals surface area (Å²) in [5.74, 6) is 2.60. The minimum Gasteiger partial charge on any atom is -0.334 e. The van der Waals surface area contributed by atoms with Crippen LogP contribution < -0.4 is 0 Å². The second-order valence-corrected chi connectivity index (χ2v) is 4.03.